The molecule has 13 heteroatoms. The second kappa shape index (κ2) is 9.01. The van der Waals surface area contributed by atoms with Crippen molar-refractivity contribution in [2.24, 2.45) is 17.7 Å². The van der Waals surface area contributed by atoms with E-state index in [1.807, 2.05) is 4.90 Å². The minimum Gasteiger partial charge on any atom is -0.322 e. The minimum atomic E-state index is -4.57. The molecule has 4 rings (SSSR count). The number of amidine groups is 1. The lowest BCUT2D eigenvalue weighted by Gasteiger charge is -2.23. The molecule has 2 atom stereocenters. The van der Waals surface area contributed by atoms with Crippen LogP contribution in [0.1, 0.15) is 34.1 Å². The largest absolute Gasteiger partial charge is 0.416 e. The van der Waals surface area contributed by atoms with Crippen molar-refractivity contribution in [2.75, 3.05) is 26.2 Å². The molecule has 2 aromatic rings. The first-order valence-corrected chi connectivity index (χ1v) is 10.9. The molecule has 0 aliphatic carbocycles. The number of hydrazine groups is 1. The van der Waals surface area contributed by atoms with Crippen LogP contribution >= 0.6 is 11.6 Å². The molecule has 2 fully saturated rings. The van der Waals surface area contributed by atoms with Crippen molar-refractivity contribution in [1.82, 2.24) is 25.0 Å². The number of nitrogens with one attached hydrogen (secondary N) is 2. The standard InChI is InChI=1S/C21H23ClF3N7O2/c1-11(33)18-17(22)10-32(29-18)20(34)31-8-14-6-30(7-15(14)9-31)5-13-3-2-12(19(26)28-27)4-16(13)21(23,24)25/h2-4,10,14-15H,5-9,27H2,1H3,(H2,26,28). The van der Waals surface area contributed by atoms with Crippen LogP contribution in [0.4, 0.5) is 18.0 Å². The van der Waals surface area contributed by atoms with Gasteiger partial charge in [0.2, 0.25) is 0 Å². The number of Topliss-reactive ketones (excluding diaryl/α,β-unsaturated/α-hetero) is 1. The number of carbonyl (C=O) groups excluding carboxylic acids is 2. The monoisotopic (exact) mass is 497 g/mol. The third-order valence-corrected chi connectivity index (χ3v) is 6.55. The number of nitrogens with two attached hydrogens (primary N) is 1. The van der Waals surface area contributed by atoms with Gasteiger partial charge < -0.3 is 10.3 Å². The fourth-order valence-corrected chi connectivity index (χ4v) is 4.93. The van der Waals surface area contributed by atoms with E-state index in [0.29, 0.717) is 26.2 Å². The number of hydrogen-bond acceptors (Lipinski definition) is 6. The van der Waals surface area contributed by atoms with Gasteiger partial charge in [0.05, 0.1) is 16.8 Å². The maximum absolute atomic E-state index is 13.7. The lowest BCUT2D eigenvalue weighted by Crippen LogP contribution is -2.36. The van der Waals surface area contributed by atoms with Gasteiger partial charge in [-0.2, -0.15) is 23.0 Å². The molecule has 2 unspecified atom stereocenters. The summed E-state index contributed by atoms with van der Waals surface area (Å²) in [7, 11) is 0. The Bertz CT molecular complexity index is 1140. The van der Waals surface area contributed by atoms with Crippen molar-refractivity contribution in [3.8, 4) is 0 Å². The molecule has 2 aliphatic rings. The Morgan fingerprint density at radius 3 is 2.41 bits per heavy atom. The zero-order valence-corrected chi connectivity index (χ0v) is 19.0. The van der Waals surface area contributed by atoms with E-state index in [-0.39, 0.29) is 57.9 Å². The van der Waals surface area contributed by atoms with Crippen molar-refractivity contribution in [3.05, 3.63) is 51.8 Å². The van der Waals surface area contributed by atoms with Crippen molar-refractivity contribution in [1.29, 1.82) is 5.41 Å². The fourth-order valence-electron chi connectivity index (χ4n) is 4.67. The van der Waals surface area contributed by atoms with E-state index in [0.717, 1.165) is 10.7 Å². The summed E-state index contributed by atoms with van der Waals surface area (Å²) < 4.78 is 42.0. The van der Waals surface area contributed by atoms with E-state index < -0.39 is 11.7 Å². The first-order valence-electron chi connectivity index (χ1n) is 10.5. The number of alkyl halides is 3. The average molecular weight is 498 g/mol. The number of halogens is 4. The lowest BCUT2D eigenvalue weighted by molar-refractivity contribution is -0.138. The molecule has 4 N–H and O–H groups in total. The Kier molecular flexibility index (Phi) is 6.40. The highest BCUT2D eigenvalue weighted by atomic mass is 35.5. The van der Waals surface area contributed by atoms with Gasteiger partial charge in [0, 0.05) is 45.2 Å². The normalized spacial score (nSPS) is 20.5. The number of ketones is 1. The maximum atomic E-state index is 13.7. The second-order valence-electron chi connectivity index (χ2n) is 8.62. The predicted octanol–water partition coefficient (Wildman–Crippen LogP) is 2.58. The zero-order chi connectivity index (χ0) is 24.8. The van der Waals surface area contributed by atoms with E-state index in [9.17, 15) is 22.8 Å². The van der Waals surface area contributed by atoms with Gasteiger partial charge in [0.25, 0.3) is 0 Å². The Morgan fingerprint density at radius 2 is 1.88 bits per heavy atom. The number of amides is 1. The van der Waals surface area contributed by atoms with E-state index in [1.54, 1.807) is 4.90 Å². The van der Waals surface area contributed by atoms with E-state index >= 15 is 0 Å². The van der Waals surface area contributed by atoms with Gasteiger partial charge in [0.15, 0.2) is 5.78 Å². The van der Waals surface area contributed by atoms with E-state index in [4.69, 9.17) is 22.9 Å². The molecule has 1 amide bonds. The van der Waals surface area contributed by atoms with Crippen molar-refractivity contribution in [2.45, 2.75) is 19.6 Å². The molecule has 0 saturated carbocycles. The highest BCUT2D eigenvalue weighted by Crippen LogP contribution is 2.36. The SMILES string of the molecule is CC(=O)c1nn(C(=O)N2CC3CN(Cc4ccc(C(=N)NN)cc4C(F)(F)F)CC3C2)cc1Cl. The summed E-state index contributed by atoms with van der Waals surface area (Å²) >= 11 is 5.98. The quantitative estimate of drug-likeness (QED) is 0.196. The van der Waals surface area contributed by atoms with Crippen LogP contribution in [0.3, 0.4) is 0 Å². The van der Waals surface area contributed by atoms with Crippen molar-refractivity contribution < 1.29 is 22.8 Å². The van der Waals surface area contributed by atoms with Crippen molar-refractivity contribution >= 4 is 29.3 Å². The number of rotatable bonds is 4. The van der Waals surface area contributed by atoms with Gasteiger partial charge in [-0.1, -0.05) is 23.7 Å². The molecule has 2 aliphatic heterocycles. The Balaban J connectivity index is 1.42. The molecule has 0 spiro atoms. The molecule has 2 saturated heterocycles. The van der Waals surface area contributed by atoms with Crippen LogP contribution in [-0.4, -0.2) is 63.4 Å². The second-order valence-corrected chi connectivity index (χ2v) is 9.02. The third-order valence-electron chi connectivity index (χ3n) is 6.27. The number of fused-ring (bicyclic) bond motifs is 1. The number of hydrogen-bond donors (Lipinski definition) is 3. The molecule has 34 heavy (non-hydrogen) atoms. The number of carbonyl (C=O) groups is 2. The summed E-state index contributed by atoms with van der Waals surface area (Å²) in [6.45, 7) is 3.40. The number of aromatic nitrogens is 2. The van der Waals surface area contributed by atoms with Crippen LogP contribution in [0.15, 0.2) is 24.4 Å². The van der Waals surface area contributed by atoms with Crippen LogP contribution in [0.25, 0.3) is 0 Å². The molecule has 1 aromatic carbocycles. The summed E-state index contributed by atoms with van der Waals surface area (Å²) in [6.07, 6.45) is -3.26. The van der Waals surface area contributed by atoms with Crippen LogP contribution in [-0.2, 0) is 12.7 Å². The predicted molar refractivity (Wildman–Crippen MR) is 117 cm³/mol. The van der Waals surface area contributed by atoms with Gasteiger partial charge >= 0.3 is 12.2 Å². The lowest BCUT2D eigenvalue weighted by atomic mass is 10.0. The zero-order valence-electron chi connectivity index (χ0n) is 18.2. The summed E-state index contributed by atoms with van der Waals surface area (Å²) in [5.74, 6) is 4.75. The van der Waals surface area contributed by atoms with Gasteiger partial charge in [-0.15, -0.1) is 0 Å². The Morgan fingerprint density at radius 1 is 1.24 bits per heavy atom. The van der Waals surface area contributed by atoms with E-state index in [2.05, 4.69) is 10.5 Å². The average Bonchev–Trinajstić information content (AvgIpc) is 3.45. The first kappa shape index (κ1) is 24.2. The molecule has 0 bridgehead atoms. The molecule has 182 valence electrons. The summed E-state index contributed by atoms with van der Waals surface area (Å²) in [5.41, 5.74) is 1.47. The summed E-state index contributed by atoms with van der Waals surface area (Å²) in [6, 6.07) is 3.36. The highest BCUT2D eigenvalue weighted by molar-refractivity contribution is 6.33. The fraction of sp³-hybridized carbons (Fsp3) is 0.429. The van der Waals surface area contributed by atoms with Crippen molar-refractivity contribution in [3.63, 3.8) is 0 Å². The number of nitrogens with zero attached hydrogens (tertiary/aromatic N) is 4. The topological polar surface area (TPSA) is 120 Å². The molecule has 0 radical (unpaired) electrons. The molecule has 9 nitrogen and oxygen atoms in total. The van der Waals surface area contributed by atoms with Gasteiger partial charge in [0.1, 0.15) is 11.5 Å². The minimum absolute atomic E-state index is 0.0319. The van der Waals surface area contributed by atoms with Crippen LogP contribution in [0.2, 0.25) is 5.02 Å². The highest BCUT2D eigenvalue weighted by Gasteiger charge is 2.43. The number of benzene rings is 1. The van der Waals surface area contributed by atoms with Gasteiger partial charge in [-0.3, -0.25) is 15.1 Å². The summed E-state index contributed by atoms with van der Waals surface area (Å²) in [5, 5.41) is 11.7. The Hall–Kier alpha value is -2.96. The van der Waals surface area contributed by atoms with Crippen LogP contribution in [0, 0.1) is 17.2 Å². The van der Waals surface area contributed by atoms with Crippen LogP contribution in [0.5, 0.6) is 0 Å². The molecule has 3 heterocycles. The smallest absolute Gasteiger partial charge is 0.322 e. The molecular formula is C21H23ClF3N7O2. The van der Waals surface area contributed by atoms with E-state index in [1.165, 1.54) is 25.3 Å². The van der Waals surface area contributed by atoms with Gasteiger partial charge in [-0.25, -0.2) is 10.6 Å². The molecular weight excluding hydrogens is 475 g/mol. The first-order chi connectivity index (χ1) is 16.0. The maximum Gasteiger partial charge on any atom is 0.416 e. The number of likely N-dealkylation sites (tertiary alicyclic amines) is 2. The molecule has 1 aromatic heterocycles. The summed E-state index contributed by atoms with van der Waals surface area (Å²) in [4.78, 5) is 27.9. The van der Waals surface area contributed by atoms with Crippen LogP contribution < -0.4 is 11.3 Å². The third kappa shape index (κ3) is 4.65. The van der Waals surface area contributed by atoms with Gasteiger partial charge in [-0.05, 0) is 23.5 Å². The Labute approximate surface area is 198 Å².